The molecule has 0 saturated heterocycles. The fraction of sp³-hybridized carbons (Fsp3) is 0.364. The van der Waals surface area contributed by atoms with E-state index in [0.717, 1.165) is 5.52 Å². The highest BCUT2D eigenvalue weighted by atomic mass is 15.3. The van der Waals surface area contributed by atoms with Gasteiger partial charge in [0.15, 0.2) is 0 Å². The zero-order valence-electron chi connectivity index (χ0n) is 8.28. The molecular weight excluding hydrogens is 160 g/mol. The van der Waals surface area contributed by atoms with Crippen LogP contribution in [0.3, 0.4) is 0 Å². The van der Waals surface area contributed by atoms with E-state index in [0.29, 0.717) is 0 Å². The molecule has 2 rings (SSSR count). The third-order valence-electron chi connectivity index (χ3n) is 2.10. The van der Waals surface area contributed by atoms with Gasteiger partial charge >= 0.3 is 0 Å². The Hall–Kier alpha value is -1.31. The van der Waals surface area contributed by atoms with Crippen molar-refractivity contribution in [1.82, 2.24) is 9.78 Å². The van der Waals surface area contributed by atoms with Crippen molar-refractivity contribution in [3.63, 3.8) is 0 Å². The average Bonchev–Trinajstić information content (AvgIpc) is 2.45. The Bertz CT molecular complexity index is 388. The zero-order chi connectivity index (χ0) is 9.47. The molecule has 0 unspecified atom stereocenters. The van der Waals surface area contributed by atoms with Gasteiger partial charge in [-0.1, -0.05) is 18.2 Å². The summed E-state index contributed by atoms with van der Waals surface area (Å²) >= 11 is 0. The van der Waals surface area contributed by atoms with Gasteiger partial charge in [-0.3, -0.25) is 4.68 Å². The Kier molecular flexibility index (Phi) is 1.65. The molecule has 0 saturated carbocycles. The van der Waals surface area contributed by atoms with Crippen LogP contribution in [0.5, 0.6) is 0 Å². The lowest BCUT2D eigenvalue weighted by atomic mass is 10.1. The quantitative estimate of drug-likeness (QED) is 0.600. The lowest BCUT2D eigenvalue weighted by Crippen LogP contribution is -2.21. The third kappa shape index (κ3) is 1.44. The van der Waals surface area contributed by atoms with E-state index in [1.807, 2.05) is 22.9 Å². The summed E-state index contributed by atoms with van der Waals surface area (Å²) in [5.41, 5.74) is 1.14. The number of hydrogen-bond donors (Lipinski definition) is 0. The van der Waals surface area contributed by atoms with Crippen LogP contribution in [-0.2, 0) is 5.54 Å². The summed E-state index contributed by atoms with van der Waals surface area (Å²) in [5.74, 6) is 0. The molecule has 0 amide bonds. The first-order chi connectivity index (χ1) is 6.07. The Morgan fingerprint density at radius 1 is 1.15 bits per heavy atom. The Labute approximate surface area is 78.2 Å². The predicted molar refractivity (Wildman–Crippen MR) is 54.7 cm³/mol. The molecule has 0 atom stereocenters. The largest absolute Gasteiger partial charge is 0.266 e. The minimum Gasteiger partial charge on any atom is -0.266 e. The molecule has 13 heavy (non-hydrogen) atoms. The van der Waals surface area contributed by atoms with Crippen LogP contribution in [-0.4, -0.2) is 9.78 Å². The fourth-order valence-corrected chi connectivity index (χ4v) is 1.31. The molecule has 0 radical (unpaired) electrons. The molecule has 0 aliphatic carbocycles. The third-order valence-corrected chi connectivity index (χ3v) is 2.10. The molecule has 68 valence electrons. The zero-order valence-corrected chi connectivity index (χ0v) is 8.28. The van der Waals surface area contributed by atoms with Gasteiger partial charge < -0.3 is 0 Å². The highest BCUT2D eigenvalue weighted by Gasteiger charge is 2.13. The molecule has 2 nitrogen and oxygen atoms in total. The topological polar surface area (TPSA) is 17.8 Å². The van der Waals surface area contributed by atoms with E-state index in [4.69, 9.17) is 0 Å². The van der Waals surface area contributed by atoms with E-state index >= 15 is 0 Å². The molecule has 0 bridgehead atoms. The molecule has 0 aliphatic heterocycles. The normalized spacial score (nSPS) is 12.2. The first-order valence-corrected chi connectivity index (χ1v) is 4.52. The first kappa shape index (κ1) is 8.30. The minimum atomic E-state index is 0.0685. The highest BCUT2D eigenvalue weighted by molar-refractivity contribution is 5.77. The highest BCUT2D eigenvalue weighted by Crippen LogP contribution is 2.18. The van der Waals surface area contributed by atoms with E-state index in [1.54, 1.807) is 0 Å². The second kappa shape index (κ2) is 2.59. The molecular formula is C11H14N2. The average molecular weight is 174 g/mol. The van der Waals surface area contributed by atoms with Crippen LogP contribution in [0.4, 0.5) is 0 Å². The molecule has 1 aromatic heterocycles. The standard InChI is InChI=1S/C11H14N2/c1-11(2,3)13-8-9-6-4-5-7-10(9)12-13/h4-8H,1-3H3. The maximum Gasteiger partial charge on any atom is 0.0923 e. The number of nitrogens with zero attached hydrogens (tertiary/aromatic N) is 2. The molecule has 1 aromatic carbocycles. The minimum absolute atomic E-state index is 0.0685. The van der Waals surface area contributed by atoms with Gasteiger partial charge in [-0.25, -0.2) is 0 Å². The Balaban J connectivity index is 2.63. The van der Waals surface area contributed by atoms with Crippen molar-refractivity contribution in [2.24, 2.45) is 0 Å². The maximum absolute atomic E-state index is 4.50. The van der Waals surface area contributed by atoms with Gasteiger partial charge in [0, 0.05) is 11.6 Å². The van der Waals surface area contributed by atoms with E-state index in [2.05, 4.69) is 38.1 Å². The number of fused-ring (bicyclic) bond motifs is 1. The Morgan fingerprint density at radius 3 is 2.46 bits per heavy atom. The molecule has 0 aliphatic rings. The van der Waals surface area contributed by atoms with Gasteiger partial charge in [0.05, 0.1) is 11.1 Å². The van der Waals surface area contributed by atoms with E-state index in [-0.39, 0.29) is 5.54 Å². The Morgan fingerprint density at radius 2 is 1.85 bits per heavy atom. The second-order valence-electron chi connectivity index (χ2n) is 4.30. The summed E-state index contributed by atoms with van der Waals surface area (Å²) in [6.07, 6.45) is 2.09. The van der Waals surface area contributed by atoms with Crippen LogP contribution < -0.4 is 0 Å². The summed E-state index contributed by atoms with van der Waals surface area (Å²) < 4.78 is 2.01. The second-order valence-corrected chi connectivity index (χ2v) is 4.30. The monoisotopic (exact) mass is 174 g/mol. The predicted octanol–water partition coefficient (Wildman–Crippen LogP) is 2.79. The van der Waals surface area contributed by atoms with Crippen LogP contribution in [0.25, 0.3) is 10.9 Å². The number of benzene rings is 1. The maximum atomic E-state index is 4.50. The SMILES string of the molecule is CC(C)(C)n1cc2ccccc2n1. The molecule has 2 heteroatoms. The van der Waals surface area contributed by atoms with Gasteiger partial charge in [-0.05, 0) is 26.8 Å². The summed E-state index contributed by atoms with van der Waals surface area (Å²) in [6, 6.07) is 8.18. The number of aromatic nitrogens is 2. The first-order valence-electron chi connectivity index (χ1n) is 4.52. The summed E-state index contributed by atoms with van der Waals surface area (Å²) in [4.78, 5) is 0. The molecule has 1 heterocycles. The van der Waals surface area contributed by atoms with Gasteiger partial charge in [-0.2, -0.15) is 5.10 Å². The van der Waals surface area contributed by atoms with Gasteiger partial charge in [0.2, 0.25) is 0 Å². The van der Waals surface area contributed by atoms with Crippen molar-refractivity contribution in [3.05, 3.63) is 30.5 Å². The molecule has 0 N–H and O–H groups in total. The summed E-state index contributed by atoms with van der Waals surface area (Å²) in [7, 11) is 0. The van der Waals surface area contributed by atoms with Crippen molar-refractivity contribution in [2.45, 2.75) is 26.3 Å². The summed E-state index contributed by atoms with van der Waals surface area (Å²) in [5, 5.41) is 5.71. The van der Waals surface area contributed by atoms with Crippen LogP contribution in [0.15, 0.2) is 30.5 Å². The van der Waals surface area contributed by atoms with Crippen molar-refractivity contribution in [3.8, 4) is 0 Å². The number of rotatable bonds is 0. The summed E-state index contributed by atoms with van der Waals surface area (Å²) in [6.45, 7) is 6.46. The van der Waals surface area contributed by atoms with Crippen molar-refractivity contribution >= 4 is 10.9 Å². The molecule has 2 aromatic rings. The van der Waals surface area contributed by atoms with E-state index in [9.17, 15) is 0 Å². The molecule has 0 spiro atoms. The lowest BCUT2D eigenvalue weighted by Gasteiger charge is -2.18. The van der Waals surface area contributed by atoms with E-state index < -0.39 is 0 Å². The van der Waals surface area contributed by atoms with Crippen LogP contribution in [0.1, 0.15) is 20.8 Å². The van der Waals surface area contributed by atoms with Gasteiger partial charge in [0.25, 0.3) is 0 Å². The smallest absolute Gasteiger partial charge is 0.0923 e. The van der Waals surface area contributed by atoms with E-state index in [1.165, 1.54) is 5.39 Å². The van der Waals surface area contributed by atoms with Gasteiger partial charge in [0.1, 0.15) is 0 Å². The van der Waals surface area contributed by atoms with Crippen LogP contribution in [0.2, 0.25) is 0 Å². The van der Waals surface area contributed by atoms with Crippen molar-refractivity contribution in [2.75, 3.05) is 0 Å². The van der Waals surface area contributed by atoms with Gasteiger partial charge in [-0.15, -0.1) is 0 Å². The fourth-order valence-electron chi connectivity index (χ4n) is 1.31. The molecule has 0 fully saturated rings. The van der Waals surface area contributed by atoms with Crippen LogP contribution in [0, 0.1) is 0 Å². The lowest BCUT2D eigenvalue weighted by molar-refractivity contribution is 0.358. The van der Waals surface area contributed by atoms with Crippen LogP contribution >= 0.6 is 0 Å². The van der Waals surface area contributed by atoms with Crippen molar-refractivity contribution < 1.29 is 0 Å². The van der Waals surface area contributed by atoms with Crippen molar-refractivity contribution in [1.29, 1.82) is 0 Å². The number of hydrogen-bond acceptors (Lipinski definition) is 1.